The second-order valence-electron chi connectivity index (χ2n) is 2.74. The first-order valence-electron chi connectivity index (χ1n) is 3.76. The fourth-order valence-corrected chi connectivity index (χ4v) is 1.27. The molecule has 1 aliphatic heterocycles. The van der Waals surface area contributed by atoms with Crippen molar-refractivity contribution in [2.24, 2.45) is 5.92 Å². The Kier molecular flexibility index (Phi) is 5.86. The van der Waals surface area contributed by atoms with Crippen LogP contribution in [0.1, 0.15) is 12.8 Å². The van der Waals surface area contributed by atoms with E-state index in [2.05, 4.69) is 0 Å². The average molecular weight is 182 g/mol. The third kappa shape index (κ3) is 3.38. The number of hydrogen-bond acceptors (Lipinski definition) is 3. The van der Waals surface area contributed by atoms with Crippen molar-refractivity contribution in [3.8, 4) is 0 Å². The second kappa shape index (κ2) is 5.77. The van der Waals surface area contributed by atoms with Gasteiger partial charge in [0.1, 0.15) is 0 Å². The molecule has 0 aromatic heterocycles. The molecule has 0 spiro atoms. The highest BCUT2D eigenvalue weighted by atomic mass is 35.5. The van der Waals surface area contributed by atoms with Crippen molar-refractivity contribution >= 4 is 12.4 Å². The molecule has 11 heavy (non-hydrogen) atoms. The molecule has 1 heterocycles. The highest BCUT2D eigenvalue weighted by molar-refractivity contribution is 5.85. The maximum Gasteiger partial charge on any atom is 0.0575 e. The summed E-state index contributed by atoms with van der Waals surface area (Å²) >= 11 is 0. The van der Waals surface area contributed by atoms with Crippen molar-refractivity contribution in [3.05, 3.63) is 0 Å². The predicted octanol–water partition coefficient (Wildman–Crippen LogP) is 0.674. The molecule has 68 valence electrons. The van der Waals surface area contributed by atoms with Gasteiger partial charge in [0.15, 0.2) is 0 Å². The summed E-state index contributed by atoms with van der Waals surface area (Å²) in [4.78, 5) is 5.04. The first-order chi connectivity index (χ1) is 4.86. The molecule has 1 rings (SSSR count). The Bertz CT molecular complexity index is 82.4. The van der Waals surface area contributed by atoms with E-state index in [-0.39, 0.29) is 12.4 Å². The number of aliphatic hydroxyl groups excluding tert-OH is 1. The minimum Gasteiger partial charge on any atom is -0.396 e. The standard InChI is InChI=1S/C7H15NO2.ClH/c1-10-8-4-2-7(6-9)3-5-8;/h7,9H,2-6H2,1H3;1H. The van der Waals surface area contributed by atoms with Crippen molar-refractivity contribution < 1.29 is 9.94 Å². The number of hydrogen-bond donors (Lipinski definition) is 1. The lowest BCUT2D eigenvalue weighted by Gasteiger charge is -2.28. The van der Waals surface area contributed by atoms with Crippen LogP contribution < -0.4 is 0 Å². The summed E-state index contributed by atoms with van der Waals surface area (Å²) in [5, 5.41) is 10.7. The Labute approximate surface area is 73.7 Å². The van der Waals surface area contributed by atoms with Crippen molar-refractivity contribution in [1.82, 2.24) is 5.06 Å². The molecule has 0 aliphatic carbocycles. The number of aliphatic hydroxyl groups is 1. The molecule has 0 saturated carbocycles. The van der Waals surface area contributed by atoms with E-state index in [9.17, 15) is 0 Å². The van der Waals surface area contributed by atoms with Gasteiger partial charge in [0.25, 0.3) is 0 Å². The molecule has 0 aromatic carbocycles. The smallest absolute Gasteiger partial charge is 0.0575 e. The Morgan fingerprint density at radius 3 is 2.36 bits per heavy atom. The van der Waals surface area contributed by atoms with E-state index in [1.165, 1.54) is 0 Å². The van der Waals surface area contributed by atoms with E-state index < -0.39 is 0 Å². The van der Waals surface area contributed by atoms with Gasteiger partial charge in [-0.05, 0) is 18.8 Å². The van der Waals surface area contributed by atoms with Gasteiger partial charge in [0.05, 0.1) is 7.11 Å². The number of piperidine rings is 1. The minimum atomic E-state index is 0. The minimum absolute atomic E-state index is 0. The summed E-state index contributed by atoms with van der Waals surface area (Å²) in [6.45, 7) is 2.25. The third-order valence-corrected chi connectivity index (χ3v) is 2.09. The summed E-state index contributed by atoms with van der Waals surface area (Å²) in [5.74, 6) is 0.506. The van der Waals surface area contributed by atoms with Crippen LogP contribution in [-0.4, -0.2) is 37.0 Å². The summed E-state index contributed by atoms with van der Waals surface area (Å²) in [6, 6.07) is 0. The van der Waals surface area contributed by atoms with E-state index in [0.29, 0.717) is 12.5 Å². The molecule has 0 atom stereocenters. The zero-order valence-electron chi connectivity index (χ0n) is 6.82. The van der Waals surface area contributed by atoms with Gasteiger partial charge in [-0.15, -0.1) is 12.4 Å². The van der Waals surface area contributed by atoms with Gasteiger partial charge in [0.2, 0.25) is 0 Å². The van der Waals surface area contributed by atoms with E-state index in [0.717, 1.165) is 25.9 Å². The van der Waals surface area contributed by atoms with Gasteiger partial charge in [0, 0.05) is 19.7 Å². The largest absolute Gasteiger partial charge is 0.396 e. The summed E-state index contributed by atoms with van der Waals surface area (Å²) in [5.41, 5.74) is 0. The van der Waals surface area contributed by atoms with E-state index in [1.54, 1.807) is 7.11 Å². The summed E-state index contributed by atoms with van der Waals surface area (Å²) in [6.07, 6.45) is 2.12. The van der Waals surface area contributed by atoms with Gasteiger partial charge >= 0.3 is 0 Å². The lowest BCUT2D eigenvalue weighted by Crippen LogP contribution is -2.33. The fraction of sp³-hybridized carbons (Fsp3) is 1.00. The Hall–Kier alpha value is 0.170. The van der Waals surface area contributed by atoms with Crippen LogP contribution in [0.2, 0.25) is 0 Å². The zero-order chi connectivity index (χ0) is 7.40. The Balaban J connectivity index is 0.000001000. The molecular weight excluding hydrogens is 166 g/mol. The maximum absolute atomic E-state index is 8.79. The van der Waals surface area contributed by atoms with Crippen LogP contribution >= 0.6 is 12.4 Å². The quantitative estimate of drug-likeness (QED) is 0.680. The molecule has 0 radical (unpaired) electrons. The monoisotopic (exact) mass is 181 g/mol. The molecule has 0 bridgehead atoms. The molecule has 3 nitrogen and oxygen atoms in total. The van der Waals surface area contributed by atoms with E-state index in [1.807, 2.05) is 5.06 Å². The highest BCUT2D eigenvalue weighted by Gasteiger charge is 2.17. The number of hydroxylamine groups is 2. The lowest BCUT2D eigenvalue weighted by atomic mass is 9.99. The van der Waals surface area contributed by atoms with E-state index >= 15 is 0 Å². The first-order valence-corrected chi connectivity index (χ1v) is 3.76. The fourth-order valence-electron chi connectivity index (χ4n) is 1.27. The maximum atomic E-state index is 8.79. The van der Waals surface area contributed by atoms with Crippen molar-refractivity contribution in [3.63, 3.8) is 0 Å². The van der Waals surface area contributed by atoms with Crippen LogP contribution in [0.4, 0.5) is 0 Å². The van der Waals surface area contributed by atoms with Crippen LogP contribution in [-0.2, 0) is 4.84 Å². The molecule has 4 heteroatoms. The molecule has 0 unspecified atom stereocenters. The normalized spacial score (nSPS) is 21.3. The highest BCUT2D eigenvalue weighted by Crippen LogP contribution is 2.15. The van der Waals surface area contributed by atoms with Gasteiger partial charge in [-0.25, -0.2) is 0 Å². The molecule has 1 N–H and O–H groups in total. The van der Waals surface area contributed by atoms with Gasteiger partial charge in [-0.1, -0.05) is 0 Å². The van der Waals surface area contributed by atoms with Crippen molar-refractivity contribution in [2.45, 2.75) is 12.8 Å². The van der Waals surface area contributed by atoms with Crippen LogP contribution in [0.5, 0.6) is 0 Å². The average Bonchev–Trinajstić information content (AvgIpc) is 2.05. The Morgan fingerprint density at radius 1 is 1.45 bits per heavy atom. The SMILES string of the molecule is CON1CCC(CO)CC1.Cl. The van der Waals surface area contributed by atoms with Crippen molar-refractivity contribution in [1.29, 1.82) is 0 Å². The summed E-state index contributed by atoms with van der Waals surface area (Å²) in [7, 11) is 1.69. The van der Waals surface area contributed by atoms with Crippen LogP contribution in [0.15, 0.2) is 0 Å². The zero-order valence-corrected chi connectivity index (χ0v) is 7.64. The molecule has 1 aliphatic rings. The molecular formula is C7H16ClNO2. The molecule has 0 amide bonds. The number of rotatable bonds is 2. The lowest BCUT2D eigenvalue weighted by molar-refractivity contribution is -0.149. The second-order valence-corrected chi connectivity index (χ2v) is 2.74. The number of nitrogens with zero attached hydrogens (tertiary/aromatic N) is 1. The predicted molar refractivity (Wildman–Crippen MR) is 45.6 cm³/mol. The molecule has 1 fully saturated rings. The molecule has 1 saturated heterocycles. The summed E-state index contributed by atoms with van der Waals surface area (Å²) < 4.78 is 0. The van der Waals surface area contributed by atoms with Gasteiger partial charge < -0.3 is 9.94 Å². The third-order valence-electron chi connectivity index (χ3n) is 2.09. The molecule has 0 aromatic rings. The van der Waals surface area contributed by atoms with Gasteiger partial charge in [-0.2, -0.15) is 5.06 Å². The van der Waals surface area contributed by atoms with Crippen LogP contribution in [0.25, 0.3) is 0 Å². The first kappa shape index (κ1) is 11.2. The topological polar surface area (TPSA) is 32.7 Å². The van der Waals surface area contributed by atoms with Crippen LogP contribution in [0.3, 0.4) is 0 Å². The van der Waals surface area contributed by atoms with E-state index in [4.69, 9.17) is 9.94 Å². The van der Waals surface area contributed by atoms with Crippen LogP contribution in [0, 0.1) is 5.92 Å². The number of halogens is 1. The van der Waals surface area contributed by atoms with Crippen molar-refractivity contribution in [2.75, 3.05) is 26.8 Å². The van der Waals surface area contributed by atoms with Gasteiger partial charge in [-0.3, -0.25) is 0 Å². The Morgan fingerprint density at radius 2 is 2.00 bits per heavy atom.